The van der Waals surface area contributed by atoms with Crippen molar-refractivity contribution in [3.05, 3.63) is 95.3 Å². The number of halogens is 4. The lowest BCUT2D eigenvalue weighted by atomic mass is 9.88. The maximum absolute atomic E-state index is 13.7. The highest BCUT2D eigenvalue weighted by Crippen LogP contribution is 2.34. The summed E-state index contributed by atoms with van der Waals surface area (Å²) in [5.41, 5.74) is 1.48. The Hall–Kier alpha value is -2.72. The first-order chi connectivity index (χ1) is 19.3. The fourth-order valence-electron chi connectivity index (χ4n) is 4.72. The first-order valence-corrected chi connectivity index (χ1v) is 15.1. The van der Waals surface area contributed by atoms with Crippen LogP contribution in [-0.2, 0) is 4.79 Å². The van der Waals surface area contributed by atoms with Crippen molar-refractivity contribution in [3.63, 3.8) is 0 Å². The quantitative estimate of drug-likeness (QED) is 0.197. The van der Waals surface area contributed by atoms with Crippen LogP contribution in [-0.4, -0.2) is 28.4 Å². The van der Waals surface area contributed by atoms with Crippen LogP contribution < -0.4 is 15.6 Å². The van der Waals surface area contributed by atoms with Crippen LogP contribution in [0.4, 0.5) is 5.69 Å². The van der Waals surface area contributed by atoms with Crippen LogP contribution in [0.15, 0.2) is 73.4 Å². The average molecular weight is 707 g/mol. The molecule has 0 saturated heterocycles. The summed E-state index contributed by atoms with van der Waals surface area (Å²) in [6.45, 7) is -0.261. The number of benzene rings is 3. The average Bonchev–Trinajstić information content (AvgIpc) is 2.94. The van der Waals surface area contributed by atoms with Crippen LogP contribution in [0, 0.1) is 0 Å². The number of fused-ring (bicyclic) bond motifs is 1. The van der Waals surface area contributed by atoms with E-state index in [1.54, 1.807) is 42.5 Å². The van der Waals surface area contributed by atoms with E-state index in [9.17, 15) is 9.59 Å². The topological polar surface area (TPSA) is 85.6 Å². The molecule has 5 rings (SSSR count). The second-order valence-electron chi connectivity index (χ2n) is 9.48. The number of amides is 1. The van der Waals surface area contributed by atoms with Gasteiger partial charge in [-0.1, -0.05) is 58.4 Å². The lowest BCUT2D eigenvalue weighted by molar-refractivity contribution is -0.118. The van der Waals surface area contributed by atoms with Crippen molar-refractivity contribution in [2.75, 3.05) is 11.9 Å². The van der Waals surface area contributed by atoms with Crippen LogP contribution in [0.2, 0.25) is 10.0 Å². The zero-order chi connectivity index (χ0) is 28.2. The van der Waals surface area contributed by atoms with E-state index in [1.165, 1.54) is 17.3 Å². The molecule has 1 aliphatic carbocycles. The number of anilines is 1. The first kappa shape index (κ1) is 28.8. The maximum atomic E-state index is 13.7. The number of carbonyl (C=O) groups is 1. The highest BCUT2D eigenvalue weighted by molar-refractivity contribution is 9.10. The standard InChI is InChI=1S/C29H24Br2Cl2N4O3/c30-19-6-11-25-23(13-19)29(39)37(28(36-25)17-4-2-1-3-5-17)34-15-18-12-21(33)14-24(31)27(18)40-16-26(38)35-22-9-7-20(32)8-10-22/h6-15,17H,1-5,16H2,(H,35,38). The van der Waals surface area contributed by atoms with Gasteiger partial charge in [0.05, 0.1) is 21.6 Å². The van der Waals surface area contributed by atoms with Crippen molar-refractivity contribution in [2.24, 2.45) is 5.10 Å². The molecular formula is C29H24Br2Cl2N4O3. The monoisotopic (exact) mass is 704 g/mol. The molecule has 1 aliphatic rings. The minimum Gasteiger partial charge on any atom is -0.482 e. The third kappa shape index (κ3) is 6.77. The van der Waals surface area contributed by atoms with Gasteiger partial charge in [-0.15, -0.1) is 0 Å². The second kappa shape index (κ2) is 12.9. The highest BCUT2D eigenvalue weighted by Gasteiger charge is 2.23. The zero-order valence-electron chi connectivity index (χ0n) is 21.2. The molecule has 0 bridgehead atoms. The van der Waals surface area contributed by atoms with Crippen LogP contribution in [0.25, 0.3) is 10.9 Å². The fraction of sp³-hybridized carbons (Fsp3) is 0.241. The van der Waals surface area contributed by atoms with Crippen molar-refractivity contribution >= 4 is 83.8 Å². The van der Waals surface area contributed by atoms with E-state index < -0.39 is 0 Å². The van der Waals surface area contributed by atoms with Gasteiger partial charge in [-0.25, -0.2) is 4.98 Å². The van der Waals surface area contributed by atoms with E-state index in [0.29, 0.717) is 48.2 Å². The van der Waals surface area contributed by atoms with Gasteiger partial charge in [0.15, 0.2) is 6.61 Å². The van der Waals surface area contributed by atoms with Crippen LogP contribution in [0.5, 0.6) is 5.75 Å². The number of ether oxygens (including phenoxy) is 1. The van der Waals surface area contributed by atoms with E-state index in [-0.39, 0.29) is 24.0 Å². The van der Waals surface area contributed by atoms with Crippen molar-refractivity contribution in [1.82, 2.24) is 9.66 Å². The smallest absolute Gasteiger partial charge is 0.282 e. The molecule has 0 aliphatic heterocycles. The van der Waals surface area contributed by atoms with E-state index >= 15 is 0 Å². The third-order valence-corrected chi connectivity index (χ3v) is 8.18. The van der Waals surface area contributed by atoms with Crippen molar-refractivity contribution in [2.45, 2.75) is 38.0 Å². The molecule has 1 heterocycles. The summed E-state index contributed by atoms with van der Waals surface area (Å²) in [6.07, 6.45) is 6.75. The van der Waals surface area contributed by atoms with Gasteiger partial charge in [0.25, 0.3) is 11.5 Å². The second-order valence-corrected chi connectivity index (χ2v) is 12.1. The van der Waals surface area contributed by atoms with Crippen LogP contribution in [0.3, 0.4) is 0 Å². The largest absolute Gasteiger partial charge is 0.482 e. The molecule has 0 spiro atoms. The summed E-state index contributed by atoms with van der Waals surface area (Å²) in [6, 6.07) is 15.6. The van der Waals surface area contributed by atoms with Crippen LogP contribution in [0.1, 0.15) is 49.4 Å². The van der Waals surface area contributed by atoms with Gasteiger partial charge in [-0.3, -0.25) is 9.59 Å². The number of carbonyl (C=O) groups excluding carboxylic acids is 1. The predicted molar refractivity (Wildman–Crippen MR) is 167 cm³/mol. The lowest BCUT2D eigenvalue weighted by Crippen LogP contribution is -2.25. The Morgan fingerprint density at radius 2 is 1.80 bits per heavy atom. The van der Waals surface area contributed by atoms with E-state index in [0.717, 1.165) is 30.2 Å². The first-order valence-electron chi connectivity index (χ1n) is 12.7. The summed E-state index contributed by atoms with van der Waals surface area (Å²) in [7, 11) is 0. The molecule has 0 radical (unpaired) electrons. The highest BCUT2D eigenvalue weighted by atomic mass is 79.9. The molecule has 40 heavy (non-hydrogen) atoms. The number of nitrogens with one attached hydrogen (secondary N) is 1. The van der Waals surface area contributed by atoms with Crippen molar-refractivity contribution < 1.29 is 9.53 Å². The van der Waals surface area contributed by atoms with Gasteiger partial charge in [0.1, 0.15) is 11.6 Å². The number of hydrogen-bond donors (Lipinski definition) is 1. The predicted octanol–water partition coefficient (Wildman–Crippen LogP) is 8.18. The minimum absolute atomic E-state index is 0.130. The van der Waals surface area contributed by atoms with Gasteiger partial charge in [-0.2, -0.15) is 9.78 Å². The molecule has 0 atom stereocenters. The maximum Gasteiger partial charge on any atom is 0.282 e. The van der Waals surface area contributed by atoms with Crippen molar-refractivity contribution in [1.29, 1.82) is 0 Å². The Kier molecular flexibility index (Phi) is 9.25. The molecule has 0 unspecified atom stereocenters. The Bertz CT molecular complexity index is 1650. The van der Waals surface area contributed by atoms with Gasteiger partial charge in [0, 0.05) is 31.7 Å². The fourth-order valence-corrected chi connectivity index (χ4v) is 6.15. The number of nitrogens with zero attached hydrogens (tertiary/aromatic N) is 3. The number of aromatic nitrogens is 2. The summed E-state index contributed by atoms with van der Waals surface area (Å²) < 4.78 is 8.60. The zero-order valence-corrected chi connectivity index (χ0v) is 25.9. The minimum atomic E-state index is -0.354. The molecule has 1 N–H and O–H groups in total. The Morgan fingerprint density at radius 1 is 1.05 bits per heavy atom. The SMILES string of the molecule is O=C(COc1c(Br)cc(Cl)cc1C=Nn1c(C2CCCCC2)nc2ccc(Br)cc2c1=O)Nc1ccc(Cl)cc1. The molecular weight excluding hydrogens is 683 g/mol. The molecule has 206 valence electrons. The van der Waals surface area contributed by atoms with Gasteiger partial charge >= 0.3 is 0 Å². The van der Waals surface area contributed by atoms with E-state index in [1.807, 2.05) is 12.1 Å². The number of rotatable bonds is 7. The van der Waals surface area contributed by atoms with Gasteiger partial charge < -0.3 is 10.1 Å². The molecule has 1 amide bonds. The van der Waals surface area contributed by atoms with E-state index in [2.05, 4.69) is 42.3 Å². The normalized spacial score (nSPS) is 14.1. The Morgan fingerprint density at radius 3 is 2.55 bits per heavy atom. The Balaban J connectivity index is 1.47. The molecule has 1 aromatic heterocycles. The van der Waals surface area contributed by atoms with Crippen LogP contribution >= 0.6 is 55.1 Å². The number of hydrogen-bond acceptors (Lipinski definition) is 5. The molecule has 7 nitrogen and oxygen atoms in total. The van der Waals surface area contributed by atoms with Gasteiger partial charge in [-0.05, 0) is 83.4 Å². The third-order valence-electron chi connectivity index (χ3n) is 6.63. The summed E-state index contributed by atoms with van der Waals surface area (Å²) in [4.78, 5) is 31.1. The molecule has 1 fully saturated rings. The molecule has 4 aromatic rings. The summed E-state index contributed by atoms with van der Waals surface area (Å²) >= 11 is 19.2. The van der Waals surface area contributed by atoms with Crippen molar-refractivity contribution in [3.8, 4) is 5.75 Å². The summed E-state index contributed by atoms with van der Waals surface area (Å²) in [5.74, 6) is 0.780. The Labute approximate surface area is 257 Å². The molecule has 3 aromatic carbocycles. The molecule has 11 heteroatoms. The lowest BCUT2D eigenvalue weighted by Gasteiger charge is -2.22. The summed E-state index contributed by atoms with van der Waals surface area (Å²) in [5, 5.41) is 8.85. The van der Waals surface area contributed by atoms with E-state index in [4.69, 9.17) is 32.9 Å². The molecule has 1 saturated carbocycles. The van der Waals surface area contributed by atoms with Gasteiger partial charge in [0.2, 0.25) is 0 Å².